The number of nitrogens with one attached hydrogen (secondary N) is 1. The quantitative estimate of drug-likeness (QED) is 0.732. The van der Waals surface area contributed by atoms with Crippen LogP contribution in [0.3, 0.4) is 0 Å². The fourth-order valence-electron chi connectivity index (χ4n) is 3.36. The van der Waals surface area contributed by atoms with Gasteiger partial charge in [0.25, 0.3) is 0 Å². The molecule has 1 N–H and O–H groups in total. The molecule has 3 aromatic rings. The molecule has 0 saturated heterocycles. The van der Waals surface area contributed by atoms with Crippen LogP contribution in [-0.2, 0) is 23.1 Å². The molecule has 1 heterocycles. The molecule has 1 aliphatic rings. The van der Waals surface area contributed by atoms with Gasteiger partial charge in [-0.25, -0.2) is 0 Å². The zero-order valence-electron chi connectivity index (χ0n) is 14.0. The van der Waals surface area contributed by atoms with E-state index in [1.165, 1.54) is 0 Å². The third-order valence-corrected chi connectivity index (χ3v) is 5.97. The SMILES string of the molecule is Cc1ccc(S(=O)(=O)Oc2cccc3c2CNCC3)c2ccccc12. The van der Waals surface area contributed by atoms with Gasteiger partial charge in [0.1, 0.15) is 10.6 Å². The lowest BCUT2D eigenvalue weighted by atomic mass is 10.0. The summed E-state index contributed by atoms with van der Waals surface area (Å²) in [6.45, 7) is 3.49. The Labute approximate surface area is 147 Å². The number of rotatable bonds is 3. The van der Waals surface area contributed by atoms with E-state index in [4.69, 9.17) is 4.18 Å². The molecule has 0 spiro atoms. The van der Waals surface area contributed by atoms with Crippen LogP contribution in [0, 0.1) is 6.92 Å². The fraction of sp³-hybridized carbons (Fsp3) is 0.200. The molecule has 0 fully saturated rings. The van der Waals surface area contributed by atoms with Crippen LogP contribution in [-0.4, -0.2) is 15.0 Å². The van der Waals surface area contributed by atoms with Crippen LogP contribution >= 0.6 is 0 Å². The number of hydrogen-bond donors (Lipinski definition) is 1. The molecule has 0 amide bonds. The third kappa shape index (κ3) is 2.90. The van der Waals surface area contributed by atoms with E-state index < -0.39 is 10.1 Å². The first-order valence-electron chi connectivity index (χ1n) is 8.30. The van der Waals surface area contributed by atoms with Gasteiger partial charge in [0.2, 0.25) is 0 Å². The number of fused-ring (bicyclic) bond motifs is 2. The van der Waals surface area contributed by atoms with Crippen molar-refractivity contribution < 1.29 is 12.6 Å². The molecule has 0 bridgehead atoms. The molecule has 1 aliphatic heterocycles. The van der Waals surface area contributed by atoms with Crippen molar-refractivity contribution in [2.24, 2.45) is 0 Å². The summed E-state index contributed by atoms with van der Waals surface area (Å²) in [6, 6.07) is 16.5. The molecule has 0 saturated carbocycles. The first-order chi connectivity index (χ1) is 12.1. The van der Waals surface area contributed by atoms with Crippen molar-refractivity contribution in [2.45, 2.75) is 24.8 Å². The zero-order chi connectivity index (χ0) is 17.4. The van der Waals surface area contributed by atoms with Crippen LogP contribution in [0.15, 0.2) is 59.5 Å². The maximum absolute atomic E-state index is 13.0. The third-order valence-electron chi connectivity index (χ3n) is 4.67. The summed E-state index contributed by atoms with van der Waals surface area (Å²) < 4.78 is 31.5. The Morgan fingerprint density at radius 2 is 1.76 bits per heavy atom. The standard InChI is InChI=1S/C20H19NO3S/c1-14-9-10-20(17-7-3-2-6-16(14)17)25(22,23)24-19-8-4-5-15-11-12-21-13-18(15)19/h2-10,21H,11-13H2,1H3. The second kappa shape index (κ2) is 6.17. The van der Waals surface area contributed by atoms with Crippen molar-refractivity contribution in [1.82, 2.24) is 5.32 Å². The van der Waals surface area contributed by atoms with Crippen LogP contribution in [0.5, 0.6) is 5.75 Å². The Bertz CT molecular complexity index is 1060. The Morgan fingerprint density at radius 3 is 2.60 bits per heavy atom. The highest BCUT2D eigenvalue weighted by Gasteiger charge is 2.23. The molecule has 0 unspecified atom stereocenters. The lowest BCUT2D eigenvalue weighted by Gasteiger charge is -2.20. The molecule has 128 valence electrons. The average molecular weight is 353 g/mol. The van der Waals surface area contributed by atoms with Crippen molar-refractivity contribution >= 4 is 20.9 Å². The minimum absolute atomic E-state index is 0.204. The summed E-state index contributed by atoms with van der Waals surface area (Å²) in [5, 5.41) is 4.88. The molecule has 0 atom stereocenters. The Balaban J connectivity index is 1.81. The van der Waals surface area contributed by atoms with Gasteiger partial charge < -0.3 is 9.50 Å². The minimum atomic E-state index is -3.92. The van der Waals surface area contributed by atoms with Gasteiger partial charge in [0, 0.05) is 17.5 Å². The Kier molecular flexibility index (Phi) is 3.98. The lowest BCUT2D eigenvalue weighted by Crippen LogP contribution is -2.24. The summed E-state index contributed by atoms with van der Waals surface area (Å²) >= 11 is 0. The van der Waals surface area contributed by atoms with Gasteiger partial charge in [-0.1, -0.05) is 42.5 Å². The Hall–Kier alpha value is -2.37. The van der Waals surface area contributed by atoms with Crippen molar-refractivity contribution in [1.29, 1.82) is 0 Å². The van der Waals surface area contributed by atoms with Gasteiger partial charge in [0.05, 0.1) is 0 Å². The number of hydrogen-bond acceptors (Lipinski definition) is 4. The van der Waals surface area contributed by atoms with Crippen LogP contribution in [0.2, 0.25) is 0 Å². The summed E-state index contributed by atoms with van der Waals surface area (Å²) in [4.78, 5) is 0.204. The molecule has 25 heavy (non-hydrogen) atoms. The first kappa shape index (κ1) is 16.1. The Morgan fingerprint density at radius 1 is 0.960 bits per heavy atom. The van der Waals surface area contributed by atoms with Crippen molar-refractivity contribution in [3.8, 4) is 5.75 Å². The molecule has 4 nitrogen and oxygen atoms in total. The first-order valence-corrected chi connectivity index (χ1v) is 9.71. The van der Waals surface area contributed by atoms with Crippen molar-refractivity contribution in [2.75, 3.05) is 6.54 Å². The predicted octanol–water partition coefficient (Wildman–Crippen LogP) is 3.56. The summed E-state index contributed by atoms with van der Waals surface area (Å²) in [6.07, 6.45) is 0.875. The second-order valence-electron chi connectivity index (χ2n) is 6.28. The molecular weight excluding hydrogens is 334 g/mol. The second-order valence-corrected chi connectivity index (χ2v) is 7.80. The summed E-state index contributed by atoms with van der Waals surface area (Å²) in [5.41, 5.74) is 3.10. The van der Waals surface area contributed by atoms with Crippen molar-refractivity contribution in [3.05, 3.63) is 71.3 Å². The van der Waals surface area contributed by atoms with E-state index in [0.29, 0.717) is 17.7 Å². The normalized spacial score (nSPS) is 14.3. The molecule has 5 heteroatoms. The van der Waals surface area contributed by atoms with E-state index in [1.807, 2.05) is 49.4 Å². The van der Waals surface area contributed by atoms with E-state index >= 15 is 0 Å². The highest BCUT2D eigenvalue weighted by atomic mass is 32.2. The van der Waals surface area contributed by atoms with Crippen LogP contribution in [0.25, 0.3) is 10.8 Å². The van der Waals surface area contributed by atoms with Gasteiger partial charge in [-0.05, 0) is 48.5 Å². The van der Waals surface area contributed by atoms with Crippen LogP contribution < -0.4 is 9.50 Å². The van der Waals surface area contributed by atoms with Gasteiger partial charge in [0.15, 0.2) is 0 Å². The minimum Gasteiger partial charge on any atom is -0.379 e. The summed E-state index contributed by atoms with van der Waals surface area (Å²) in [5.74, 6) is 0.411. The van der Waals surface area contributed by atoms with E-state index in [2.05, 4.69) is 5.32 Å². The molecule has 0 aliphatic carbocycles. The van der Waals surface area contributed by atoms with E-state index in [9.17, 15) is 8.42 Å². The smallest absolute Gasteiger partial charge is 0.339 e. The average Bonchev–Trinajstić information content (AvgIpc) is 2.62. The zero-order valence-corrected chi connectivity index (χ0v) is 14.8. The monoisotopic (exact) mass is 353 g/mol. The maximum Gasteiger partial charge on any atom is 0.339 e. The highest BCUT2D eigenvalue weighted by Crippen LogP contribution is 2.31. The topological polar surface area (TPSA) is 55.4 Å². The number of benzene rings is 3. The molecule has 0 radical (unpaired) electrons. The van der Waals surface area contributed by atoms with Crippen LogP contribution in [0.4, 0.5) is 0 Å². The highest BCUT2D eigenvalue weighted by molar-refractivity contribution is 7.87. The lowest BCUT2D eigenvalue weighted by molar-refractivity contribution is 0.479. The predicted molar refractivity (Wildman–Crippen MR) is 98.4 cm³/mol. The largest absolute Gasteiger partial charge is 0.379 e. The number of aryl methyl sites for hydroxylation is 1. The van der Waals surface area contributed by atoms with Crippen molar-refractivity contribution in [3.63, 3.8) is 0 Å². The molecule has 4 rings (SSSR count). The maximum atomic E-state index is 13.0. The molecule has 0 aromatic heterocycles. The van der Waals surface area contributed by atoms with Gasteiger partial charge in [-0.15, -0.1) is 0 Å². The van der Waals surface area contributed by atoms with Gasteiger partial charge in [-0.2, -0.15) is 8.42 Å². The van der Waals surface area contributed by atoms with Crippen LogP contribution in [0.1, 0.15) is 16.7 Å². The van der Waals surface area contributed by atoms with E-state index in [-0.39, 0.29) is 4.90 Å². The summed E-state index contributed by atoms with van der Waals surface area (Å²) in [7, 11) is -3.92. The van der Waals surface area contributed by atoms with Gasteiger partial charge in [-0.3, -0.25) is 0 Å². The van der Waals surface area contributed by atoms with E-state index in [1.54, 1.807) is 12.1 Å². The van der Waals surface area contributed by atoms with Gasteiger partial charge >= 0.3 is 10.1 Å². The van der Waals surface area contributed by atoms with E-state index in [0.717, 1.165) is 35.0 Å². The fourth-order valence-corrected chi connectivity index (χ4v) is 4.53. The molecule has 3 aromatic carbocycles. The molecular formula is C20H19NO3S.